The van der Waals surface area contributed by atoms with E-state index in [0.717, 1.165) is 19.4 Å². The van der Waals surface area contributed by atoms with Crippen molar-refractivity contribution in [2.45, 2.75) is 24.7 Å². The van der Waals surface area contributed by atoms with Gasteiger partial charge in [-0.05, 0) is 51.4 Å². The summed E-state index contributed by atoms with van der Waals surface area (Å²) in [6.45, 7) is 3.20. The van der Waals surface area contributed by atoms with Gasteiger partial charge in [0.2, 0.25) is 10.0 Å². The molecule has 1 aliphatic rings. The second-order valence-corrected chi connectivity index (χ2v) is 7.54. The lowest BCUT2D eigenvalue weighted by atomic mass is 10.00. The van der Waals surface area contributed by atoms with E-state index < -0.39 is 15.8 Å². The van der Waals surface area contributed by atoms with Crippen LogP contribution in [0.15, 0.2) is 17.0 Å². The van der Waals surface area contributed by atoms with Gasteiger partial charge < -0.3 is 10.1 Å². The zero-order valence-electron chi connectivity index (χ0n) is 13.6. The molecule has 5 nitrogen and oxygen atoms in total. The second-order valence-electron chi connectivity index (χ2n) is 5.63. The Morgan fingerprint density at radius 1 is 1.43 bits per heavy atom. The van der Waals surface area contributed by atoms with Crippen LogP contribution in [0.5, 0.6) is 5.75 Å². The van der Waals surface area contributed by atoms with Crippen molar-refractivity contribution in [3.8, 4) is 5.75 Å². The number of hydrogen-bond donors (Lipinski definition) is 1. The zero-order chi connectivity index (χ0) is 16.3. The highest BCUT2D eigenvalue weighted by Crippen LogP contribution is 2.30. The summed E-state index contributed by atoms with van der Waals surface area (Å²) in [5.74, 6) is -0.271. The predicted molar refractivity (Wildman–Crippen MR) is 90.3 cm³/mol. The van der Waals surface area contributed by atoms with Crippen molar-refractivity contribution < 1.29 is 17.5 Å². The molecule has 1 atom stereocenters. The Bertz CT molecular complexity index is 638. The van der Waals surface area contributed by atoms with Gasteiger partial charge in [-0.25, -0.2) is 12.8 Å². The summed E-state index contributed by atoms with van der Waals surface area (Å²) in [6.07, 6.45) is 1.83. The molecule has 0 amide bonds. The van der Waals surface area contributed by atoms with E-state index in [0.29, 0.717) is 13.1 Å². The highest BCUT2D eigenvalue weighted by atomic mass is 35.5. The Morgan fingerprint density at radius 3 is 2.74 bits per heavy atom. The fraction of sp³-hybridized carbons (Fsp3) is 0.600. The molecule has 0 saturated carbocycles. The smallest absolute Gasteiger partial charge is 0.243 e. The molecule has 0 bridgehead atoms. The van der Waals surface area contributed by atoms with Crippen molar-refractivity contribution in [2.24, 2.45) is 5.92 Å². The SMILES string of the molecule is CNCC1CCCN(S(=O)(=O)c2ccc(OC)c(F)c2C)C1.Cl. The standard InChI is InChI=1S/C15H23FN2O3S.ClH/c1-11-14(7-6-13(21-3)15(11)16)22(19,20)18-8-4-5-12(10-18)9-17-2;/h6-7,12,17H,4-5,8-10H2,1-3H3;1H. The van der Waals surface area contributed by atoms with E-state index in [1.54, 1.807) is 0 Å². The summed E-state index contributed by atoms with van der Waals surface area (Å²) in [6, 6.07) is 2.79. The van der Waals surface area contributed by atoms with Gasteiger partial charge in [-0.2, -0.15) is 4.31 Å². The lowest BCUT2D eigenvalue weighted by Gasteiger charge is -2.32. The number of nitrogens with zero attached hydrogens (tertiary/aromatic N) is 1. The average Bonchev–Trinajstić information content (AvgIpc) is 2.50. The number of halogens is 2. The van der Waals surface area contributed by atoms with Crippen LogP contribution < -0.4 is 10.1 Å². The van der Waals surface area contributed by atoms with E-state index in [1.165, 1.54) is 30.5 Å². The van der Waals surface area contributed by atoms with E-state index in [2.05, 4.69) is 5.32 Å². The van der Waals surface area contributed by atoms with Crippen LogP contribution in [-0.2, 0) is 10.0 Å². The zero-order valence-corrected chi connectivity index (χ0v) is 15.3. The Labute approximate surface area is 143 Å². The quantitative estimate of drug-likeness (QED) is 0.867. The van der Waals surface area contributed by atoms with Gasteiger partial charge in [-0.3, -0.25) is 0 Å². The normalized spacial score (nSPS) is 19.2. The molecular formula is C15H24ClFN2O3S. The number of methoxy groups -OCH3 is 1. The third-order valence-electron chi connectivity index (χ3n) is 4.11. The number of hydrogen-bond acceptors (Lipinski definition) is 4. The van der Waals surface area contributed by atoms with Crippen molar-refractivity contribution in [2.75, 3.05) is 33.8 Å². The molecule has 0 spiro atoms. The van der Waals surface area contributed by atoms with Gasteiger partial charge in [0.05, 0.1) is 12.0 Å². The van der Waals surface area contributed by atoms with E-state index in [9.17, 15) is 12.8 Å². The minimum absolute atomic E-state index is 0. The van der Waals surface area contributed by atoms with Gasteiger partial charge in [0, 0.05) is 18.7 Å². The predicted octanol–water partition coefficient (Wildman–Crippen LogP) is 2.18. The van der Waals surface area contributed by atoms with Gasteiger partial charge >= 0.3 is 0 Å². The third-order valence-corrected chi connectivity index (χ3v) is 6.12. The largest absolute Gasteiger partial charge is 0.494 e. The molecular weight excluding hydrogens is 343 g/mol. The summed E-state index contributed by atoms with van der Waals surface area (Å²) < 4.78 is 46.1. The summed E-state index contributed by atoms with van der Waals surface area (Å²) in [5, 5.41) is 3.09. The molecule has 1 unspecified atom stereocenters. The van der Waals surface area contributed by atoms with Crippen molar-refractivity contribution in [3.63, 3.8) is 0 Å². The molecule has 0 radical (unpaired) electrons. The maximum atomic E-state index is 14.1. The maximum absolute atomic E-state index is 14.1. The summed E-state index contributed by atoms with van der Waals surface area (Å²) in [4.78, 5) is 0.0240. The topological polar surface area (TPSA) is 58.6 Å². The van der Waals surface area contributed by atoms with Crippen LogP contribution in [0, 0.1) is 18.7 Å². The van der Waals surface area contributed by atoms with Crippen molar-refractivity contribution in [3.05, 3.63) is 23.5 Å². The fourth-order valence-electron chi connectivity index (χ4n) is 2.92. The highest BCUT2D eigenvalue weighted by Gasteiger charge is 2.32. The van der Waals surface area contributed by atoms with Crippen LogP contribution in [0.4, 0.5) is 4.39 Å². The Kier molecular flexibility index (Phi) is 7.26. The summed E-state index contributed by atoms with van der Waals surface area (Å²) in [5.41, 5.74) is 0.107. The number of ether oxygens (including phenoxy) is 1. The first-order valence-electron chi connectivity index (χ1n) is 7.39. The Balaban J connectivity index is 0.00000264. The van der Waals surface area contributed by atoms with Crippen molar-refractivity contribution >= 4 is 22.4 Å². The Hall–Kier alpha value is -0.890. The number of nitrogens with one attached hydrogen (secondary N) is 1. The maximum Gasteiger partial charge on any atom is 0.243 e. The number of rotatable bonds is 5. The molecule has 1 saturated heterocycles. The lowest BCUT2D eigenvalue weighted by molar-refractivity contribution is 0.263. The summed E-state index contributed by atoms with van der Waals surface area (Å²) in [7, 11) is -0.464. The lowest BCUT2D eigenvalue weighted by Crippen LogP contribution is -2.42. The molecule has 1 N–H and O–H groups in total. The first kappa shape index (κ1) is 20.2. The second kappa shape index (κ2) is 8.28. The molecule has 1 aromatic carbocycles. The minimum Gasteiger partial charge on any atom is -0.494 e. The molecule has 8 heteroatoms. The van der Waals surface area contributed by atoms with Crippen LogP contribution in [0.2, 0.25) is 0 Å². The van der Waals surface area contributed by atoms with Crippen molar-refractivity contribution in [1.82, 2.24) is 9.62 Å². The number of benzene rings is 1. The molecule has 2 rings (SSSR count). The average molecular weight is 367 g/mol. The molecule has 0 aliphatic carbocycles. The number of sulfonamides is 1. The first-order chi connectivity index (χ1) is 10.4. The van der Waals surface area contributed by atoms with Gasteiger partial charge in [-0.1, -0.05) is 0 Å². The van der Waals surface area contributed by atoms with Gasteiger partial charge in [0.1, 0.15) is 0 Å². The van der Waals surface area contributed by atoms with E-state index >= 15 is 0 Å². The highest BCUT2D eigenvalue weighted by molar-refractivity contribution is 7.89. The van der Waals surface area contributed by atoms with E-state index in [4.69, 9.17) is 4.74 Å². The minimum atomic E-state index is -3.68. The Morgan fingerprint density at radius 2 is 2.13 bits per heavy atom. The number of piperidine rings is 1. The van der Waals surface area contributed by atoms with Gasteiger partial charge in [0.15, 0.2) is 11.6 Å². The summed E-state index contributed by atoms with van der Waals surface area (Å²) >= 11 is 0. The fourth-order valence-corrected chi connectivity index (χ4v) is 4.69. The van der Waals surface area contributed by atoms with Crippen molar-refractivity contribution in [1.29, 1.82) is 0 Å². The molecule has 1 aromatic rings. The van der Waals surface area contributed by atoms with E-state index in [-0.39, 0.29) is 34.5 Å². The van der Waals surface area contributed by atoms with Gasteiger partial charge in [-0.15, -0.1) is 12.4 Å². The third kappa shape index (κ3) is 4.15. The first-order valence-corrected chi connectivity index (χ1v) is 8.83. The van der Waals surface area contributed by atoms with Crippen LogP contribution in [-0.4, -0.2) is 46.5 Å². The van der Waals surface area contributed by atoms with Crippen LogP contribution in [0.25, 0.3) is 0 Å². The van der Waals surface area contributed by atoms with E-state index in [1.807, 2.05) is 7.05 Å². The molecule has 23 heavy (non-hydrogen) atoms. The molecule has 1 heterocycles. The van der Waals surface area contributed by atoms with Crippen LogP contribution >= 0.6 is 12.4 Å². The monoisotopic (exact) mass is 366 g/mol. The molecule has 1 aliphatic heterocycles. The molecule has 132 valence electrons. The molecule has 0 aromatic heterocycles. The van der Waals surface area contributed by atoms with Gasteiger partial charge in [0.25, 0.3) is 0 Å². The van der Waals surface area contributed by atoms with Crippen LogP contribution in [0.1, 0.15) is 18.4 Å². The van der Waals surface area contributed by atoms with Crippen LogP contribution in [0.3, 0.4) is 0 Å². The molecule has 1 fully saturated rings.